The standard InChI is InChI=1S/C11H15N3O4S/c1-5(12)10-14-8(4-19-10)9(15)13-7-3-18-2-6(7)11(16)17/h4-7H,2-3,12H2,1H3,(H,13,15)(H,16,17). The fraction of sp³-hybridized carbons (Fsp3) is 0.545. The second-order valence-corrected chi connectivity index (χ2v) is 5.31. The molecule has 0 aromatic carbocycles. The molecule has 0 aliphatic carbocycles. The van der Waals surface area contributed by atoms with Gasteiger partial charge in [0.25, 0.3) is 5.91 Å². The summed E-state index contributed by atoms with van der Waals surface area (Å²) in [5.74, 6) is -2.09. The molecule has 1 aromatic heterocycles. The first-order chi connectivity index (χ1) is 8.99. The molecule has 8 heteroatoms. The molecule has 1 fully saturated rings. The first-order valence-electron chi connectivity index (χ1n) is 5.81. The van der Waals surface area contributed by atoms with Gasteiger partial charge in [0.2, 0.25) is 0 Å². The van der Waals surface area contributed by atoms with Crippen molar-refractivity contribution >= 4 is 23.2 Å². The van der Waals surface area contributed by atoms with Gasteiger partial charge in [-0.3, -0.25) is 9.59 Å². The van der Waals surface area contributed by atoms with Crippen LogP contribution >= 0.6 is 11.3 Å². The number of carboxylic acids is 1. The highest BCUT2D eigenvalue weighted by molar-refractivity contribution is 7.09. The van der Waals surface area contributed by atoms with Crippen LogP contribution < -0.4 is 11.1 Å². The Bertz CT molecular complexity index is 488. The minimum Gasteiger partial charge on any atom is -0.481 e. The van der Waals surface area contributed by atoms with Crippen molar-refractivity contribution in [2.45, 2.75) is 19.0 Å². The van der Waals surface area contributed by atoms with Gasteiger partial charge in [0.05, 0.1) is 25.3 Å². The minimum absolute atomic E-state index is 0.114. The Morgan fingerprint density at radius 1 is 1.63 bits per heavy atom. The third kappa shape index (κ3) is 3.09. The Hall–Kier alpha value is -1.51. The lowest BCUT2D eigenvalue weighted by Gasteiger charge is -2.14. The smallest absolute Gasteiger partial charge is 0.311 e. The van der Waals surface area contributed by atoms with Crippen LogP contribution in [0.3, 0.4) is 0 Å². The Morgan fingerprint density at radius 2 is 2.37 bits per heavy atom. The molecule has 1 saturated heterocycles. The number of nitrogens with one attached hydrogen (secondary N) is 1. The summed E-state index contributed by atoms with van der Waals surface area (Å²) in [5, 5.41) is 13.9. The van der Waals surface area contributed by atoms with Gasteiger partial charge in [-0.15, -0.1) is 11.3 Å². The van der Waals surface area contributed by atoms with Gasteiger partial charge in [-0.25, -0.2) is 4.98 Å². The number of thiazole rings is 1. The largest absolute Gasteiger partial charge is 0.481 e. The second kappa shape index (κ2) is 5.64. The van der Waals surface area contributed by atoms with Crippen molar-refractivity contribution < 1.29 is 19.4 Å². The molecule has 4 N–H and O–H groups in total. The molecular weight excluding hydrogens is 270 g/mol. The van der Waals surface area contributed by atoms with Crippen LogP contribution in [0, 0.1) is 5.92 Å². The molecule has 7 nitrogen and oxygen atoms in total. The van der Waals surface area contributed by atoms with Crippen LogP contribution in [-0.4, -0.2) is 41.2 Å². The monoisotopic (exact) mass is 285 g/mol. The summed E-state index contributed by atoms with van der Waals surface area (Å²) in [6.07, 6.45) is 0. The normalized spacial score (nSPS) is 24.1. The molecule has 1 aromatic rings. The number of hydrogen-bond donors (Lipinski definition) is 3. The van der Waals surface area contributed by atoms with Crippen LogP contribution in [0.2, 0.25) is 0 Å². The molecule has 2 heterocycles. The van der Waals surface area contributed by atoms with E-state index in [2.05, 4.69) is 10.3 Å². The van der Waals surface area contributed by atoms with Gasteiger partial charge in [0.15, 0.2) is 0 Å². The molecule has 104 valence electrons. The van der Waals surface area contributed by atoms with Gasteiger partial charge < -0.3 is 20.9 Å². The molecule has 0 radical (unpaired) electrons. The summed E-state index contributed by atoms with van der Waals surface area (Å²) in [6.45, 7) is 2.10. The Morgan fingerprint density at radius 3 is 2.95 bits per heavy atom. The third-order valence-corrected chi connectivity index (χ3v) is 3.90. The van der Waals surface area contributed by atoms with Gasteiger partial charge in [0, 0.05) is 5.38 Å². The number of carboxylic acid groups (broad SMARTS) is 1. The van der Waals surface area contributed by atoms with E-state index in [1.165, 1.54) is 11.3 Å². The van der Waals surface area contributed by atoms with Gasteiger partial charge >= 0.3 is 5.97 Å². The first kappa shape index (κ1) is 13.9. The predicted octanol–water partition coefficient (Wildman–Crippen LogP) is -0.00780. The summed E-state index contributed by atoms with van der Waals surface area (Å²) < 4.78 is 5.08. The Balaban J connectivity index is 2.02. The number of aromatic nitrogens is 1. The summed E-state index contributed by atoms with van der Waals surface area (Å²) in [4.78, 5) is 27.0. The van der Waals surface area contributed by atoms with Crippen LogP contribution in [0.4, 0.5) is 0 Å². The SMILES string of the molecule is CC(N)c1nc(C(=O)NC2COCC2C(=O)O)cs1. The van der Waals surface area contributed by atoms with Crippen molar-refractivity contribution in [1.82, 2.24) is 10.3 Å². The van der Waals surface area contributed by atoms with Crippen molar-refractivity contribution in [3.63, 3.8) is 0 Å². The molecule has 0 bridgehead atoms. The highest BCUT2D eigenvalue weighted by Crippen LogP contribution is 2.18. The number of rotatable bonds is 4. The van der Waals surface area contributed by atoms with E-state index in [0.717, 1.165) is 0 Å². The Kier molecular flexibility index (Phi) is 4.13. The summed E-state index contributed by atoms with van der Waals surface area (Å²) in [6, 6.07) is -0.751. The molecule has 1 amide bonds. The van der Waals surface area contributed by atoms with Crippen molar-refractivity contribution in [1.29, 1.82) is 0 Å². The maximum atomic E-state index is 11.9. The lowest BCUT2D eigenvalue weighted by molar-refractivity contribution is -0.142. The van der Waals surface area contributed by atoms with Crippen LogP contribution in [0.25, 0.3) is 0 Å². The molecule has 1 aliphatic rings. The highest BCUT2D eigenvalue weighted by Gasteiger charge is 2.35. The van der Waals surface area contributed by atoms with E-state index in [0.29, 0.717) is 5.01 Å². The highest BCUT2D eigenvalue weighted by atomic mass is 32.1. The van der Waals surface area contributed by atoms with E-state index >= 15 is 0 Å². The molecule has 0 saturated carbocycles. The number of carbonyl (C=O) groups is 2. The summed E-state index contributed by atoms with van der Waals surface area (Å²) in [7, 11) is 0. The molecular formula is C11H15N3O4S. The van der Waals surface area contributed by atoms with Crippen molar-refractivity contribution in [2.75, 3.05) is 13.2 Å². The molecule has 0 spiro atoms. The number of aliphatic carboxylic acids is 1. The lowest BCUT2D eigenvalue weighted by Crippen LogP contribution is -2.42. The third-order valence-electron chi connectivity index (χ3n) is 2.86. The van der Waals surface area contributed by atoms with Crippen molar-refractivity contribution in [2.24, 2.45) is 11.7 Å². The lowest BCUT2D eigenvalue weighted by atomic mass is 10.0. The molecule has 3 unspecified atom stereocenters. The average molecular weight is 285 g/mol. The topological polar surface area (TPSA) is 115 Å². The second-order valence-electron chi connectivity index (χ2n) is 4.42. The van der Waals surface area contributed by atoms with Gasteiger partial charge in [-0.2, -0.15) is 0 Å². The van der Waals surface area contributed by atoms with E-state index in [1.54, 1.807) is 12.3 Å². The fourth-order valence-electron chi connectivity index (χ4n) is 1.78. The number of carbonyl (C=O) groups excluding carboxylic acids is 1. The summed E-state index contributed by atoms with van der Waals surface area (Å²) >= 11 is 1.31. The number of nitrogens with zero attached hydrogens (tertiary/aromatic N) is 1. The molecule has 3 atom stereocenters. The maximum Gasteiger partial charge on any atom is 0.311 e. The molecule has 2 rings (SSSR count). The molecule has 19 heavy (non-hydrogen) atoms. The zero-order valence-electron chi connectivity index (χ0n) is 10.3. The van der Waals surface area contributed by atoms with Gasteiger partial charge in [0.1, 0.15) is 16.6 Å². The maximum absolute atomic E-state index is 11.9. The number of ether oxygens (including phenoxy) is 1. The quantitative estimate of drug-likeness (QED) is 0.717. The number of nitrogens with two attached hydrogens (primary N) is 1. The predicted molar refractivity (Wildman–Crippen MR) is 67.9 cm³/mol. The van der Waals surface area contributed by atoms with E-state index in [-0.39, 0.29) is 24.9 Å². The Labute approximate surface area is 113 Å². The number of amides is 1. The van der Waals surface area contributed by atoms with Crippen LogP contribution in [0.1, 0.15) is 28.5 Å². The van der Waals surface area contributed by atoms with Gasteiger partial charge in [-0.1, -0.05) is 0 Å². The van der Waals surface area contributed by atoms with E-state index in [4.69, 9.17) is 15.6 Å². The van der Waals surface area contributed by atoms with Crippen molar-refractivity contribution in [3.05, 3.63) is 16.1 Å². The molecule has 1 aliphatic heterocycles. The van der Waals surface area contributed by atoms with Crippen LogP contribution in [0.5, 0.6) is 0 Å². The van der Waals surface area contributed by atoms with Gasteiger partial charge in [-0.05, 0) is 6.92 Å². The minimum atomic E-state index is -0.975. The van der Waals surface area contributed by atoms with E-state index < -0.39 is 23.8 Å². The van der Waals surface area contributed by atoms with Crippen LogP contribution in [-0.2, 0) is 9.53 Å². The van der Waals surface area contributed by atoms with Crippen molar-refractivity contribution in [3.8, 4) is 0 Å². The average Bonchev–Trinajstić information content (AvgIpc) is 2.96. The summed E-state index contributed by atoms with van der Waals surface area (Å²) in [5.41, 5.74) is 5.93. The van der Waals surface area contributed by atoms with Crippen LogP contribution in [0.15, 0.2) is 5.38 Å². The number of hydrogen-bond acceptors (Lipinski definition) is 6. The first-order valence-corrected chi connectivity index (χ1v) is 6.69. The van der Waals surface area contributed by atoms with E-state index in [1.807, 2.05) is 0 Å². The zero-order valence-corrected chi connectivity index (χ0v) is 11.1. The zero-order chi connectivity index (χ0) is 14.0. The van der Waals surface area contributed by atoms with E-state index in [9.17, 15) is 9.59 Å². The fourth-order valence-corrected chi connectivity index (χ4v) is 2.54.